The number of hydrogen-bond acceptors (Lipinski definition) is 9. The zero-order chi connectivity index (χ0) is 25.8. The summed E-state index contributed by atoms with van der Waals surface area (Å²) < 4.78 is 18.2. The third-order valence-electron chi connectivity index (χ3n) is 5.77. The van der Waals surface area contributed by atoms with E-state index in [9.17, 15) is 0 Å². The SMILES string of the molecule is COc1cc(Nc2ncnc(-n3c(NCc4cccc(C)c4)nc4ccccc43)n2)cc(OC)c1OC. The molecular weight excluding hydrogens is 470 g/mol. The summed E-state index contributed by atoms with van der Waals surface area (Å²) >= 11 is 0. The van der Waals surface area contributed by atoms with Crippen molar-refractivity contribution < 1.29 is 14.2 Å². The zero-order valence-electron chi connectivity index (χ0n) is 21.0. The molecule has 10 nitrogen and oxygen atoms in total. The van der Waals surface area contributed by atoms with E-state index in [1.807, 2.05) is 34.9 Å². The van der Waals surface area contributed by atoms with Crippen molar-refractivity contribution in [3.63, 3.8) is 0 Å². The van der Waals surface area contributed by atoms with Crippen molar-refractivity contribution >= 4 is 28.6 Å². The maximum atomic E-state index is 5.46. The van der Waals surface area contributed by atoms with Gasteiger partial charge < -0.3 is 24.8 Å². The summed E-state index contributed by atoms with van der Waals surface area (Å²) in [6.07, 6.45) is 1.46. The number of rotatable bonds is 9. The fourth-order valence-corrected chi connectivity index (χ4v) is 4.09. The van der Waals surface area contributed by atoms with Crippen LogP contribution in [0.4, 0.5) is 17.6 Å². The Morgan fingerprint density at radius 2 is 1.62 bits per heavy atom. The lowest BCUT2D eigenvalue weighted by Gasteiger charge is -2.15. The second-order valence-corrected chi connectivity index (χ2v) is 8.25. The molecule has 3 aromatic carbocycles. The predicted molar refractivity (Wildman–Crippen MR) is 142 cm³/mol. The molecule has 2 aromatic heterocycles. The van der Waals surface area contributed by atoms with E-state index in [0.717, 1.165) is 16.6 Å². The molecule has 37 heavy (non-hydrogen) atoms. The van der Waals surface area contributed by atoms with Crippen LogP contribution in [0.1, 0.15) is 11.1 Å². The first-order valence-electron chi connectivity index (χ1n) is 11.6. The molecule has 0 bridgehead atoms. The van der Waals surface area contributed by atoms with Gasteiger partial charge in [-0.05, 0) is 24.6 Å². The summed E-state index contributed by atoms with van der Waals surface area (Å²) in [5, 5.41) is 6.65. The highest BCUT2D eigenvalue weighted by molar-refractivity contribution is 5.80. The number of benzene rings is 3. The first-order valence-corrected chi connectivity index (χ1v) is 11.6. The highest BCUT2D eigenvalue weighted by atomic mass is 16.5. The van der Waals surface area contributed by atoms with Gasteiger partial charge in [-0.25, -0.2) is 19.5 Å². The fourth-order valence-electron chi connectivity index (χ4n) is 4.09. The Morgan fingerprint density at radius 3 is 2.35 bits per heavy atom. The van der Waals surface area contributed by atoms with Crippen LogP contribution in [0.25, 0.3) is 17.0 Å². The van der Waals surface area contributed by atoms with Gasteiger partial charge in [0.05, 0.1) is 32.4 Å². The Morgan fingerprint density at radius 1 is 0.838 bits per heavy atom. The molecular formula is C27H27N7O3. The molecule has 0 aliphatic heterocycles. The summed E-state index contributed by atoms with van der Waals surface area (Å²) in [5.41, 5.74) is 4.72. The second-order valence-electron chi connectivity index (χ2n) is 8.25. The first-order chi connectivity index (χ1) is 18.1. The minimum Gasteiger partial charge on any atom is -0.493 e. The number of para-hydroxylation sites is 2. The fraction of sp³-hybridized carbons (Fsp3) is 0.185. The summed E-state index contributed by atoms with van der Waals surface area (Å²) in [7, 11) is 4.70. The number of aromatic nitrogens is 5. The highest BCUT2D eigenvalue weighted by Crippen LogP contribution is 2.40. The summed E-state index contributed by atoms with van der Waals surface area (Å²) in [6.45, 7) is 2.68. The maximum absolute atomic E-state index is 5.46. The van der Waals surface area contributed by atoms with Gasteiger partial charge in [0.15, 0.2) is 11.5 Å². The number of anilines is 3. The third-order valence-corrected chi connectivity index (χ3v) is 5.77. The van der Waals surface area contributed by atoms with E-state index in [1.165, 1.54) is 11.9 Å². The number of imidazole rings is 1. The summed E-state index contributed by atoms with van der Waals surface area (Å²) in [6, 6.07) is 19.8. The molecule has 0 saturated carbocycles. The number of methoxy groups -OCH3 is 3. The molecule has 188 valence electrons. The Kier molecular flexibility index (Phi) is 6.71. The van der Waals surface area contributed by atoms with Crippen LogP contribution in [0.5, 0.6) is 17.2 Å². The molecule has 5 rings (SSSR count). The molecule has 2 heterocycles. The normalized spacial score (nSPS) is 10.8. The molecule has 0 unspecified atom stereocenters. The Labute approximate surface area is 214 Å². The zero-order valence-corrected chi connectivity index (χ0v) is 21.0. The molecule has 0 atom stereocenters. The predicted octanol–water partition coefficient (Wildman–Crippen LogP) is 4.90. The molecule has 0 aliphatic rings. The van der Waals surface area contributed by atoms with Crippen LogP contribution in [0.3, 0.4) is 0 Å². The van der Waals surface area contributed by atoms with Gasteiger partial charge >= 0.3 is 0 Å². The Balaban J connectivity index is 1.50. The van der Waals surface area contributed by atoms with Crippen molar-refractivity contribution in [2.24, 2.45) is 0 Å². The van der Waals surface area contributed by atoms with Gasteiger partial charge in [-0.3, -0.25) is 0 Å². The van der Waals surface area contributed by atoms with E-state index in [2.05, 4.69) is 50.7 Å². The first kappa shape index (κ1) is 23.9. The molecule has 0 aliphatic carbocycles. The van der Waals surface area contributed by atoms with Crippen LogP contribution in [0.15, 0.2) is 67.0 Å². The summed E-state index contributed by atoms with van der Waals surface area (Å²) in [4.78, 5) is 18.2. The van der Waals surface area contributed by atoms with Crippen LogP contribution < -0.4 is 24.8 Å². The molecule has 10 heteroatoms. The molecule has 0 radical (unpaired) electrons. The van der Waals surface area contributed by atoms with Gasteiger partial charge in [0, 0.05) is 24.4 Å². The largest absolute Gasteiger partial charge is 0.493 e. The lowest BCUT2D eigenvalue weighted by molar-refractivity contribution is 0.324. The highest BCUT2D eigenvalue weighted by Gasteiger charge is 2.17. The van der Waals surface area contributed by atoms with Crippen molar-refractivity contribution in [1.29, 1.82) is 0 Å². The number of fused-ring (bicyclic) bond motifs is 1. The van der Waals surface area contributed by atoms with E-state index < -0.39 is 0 Å². The van der Waals surface area contributed by atoms with Gasteiger partial charge in [0.1, 0.15) is 6.33 Å². The van der Waals surface area contributed by atoms with Crippen LogP contribution in [-0.4, -0.2) is 45.8 Å². The minimum atomic E-state index is 0.349. The Hall–Kier alpha value is -4.86. The van der Waals surface area contributed by atoms with E-state index in [1.54, 1.807) is 33.5 Å². The number of hydrogen-bond donors (Lipinski definition) is 2. The van der Waals surface area contributed by atoms with E-state index in [-0.39, 0.29) is 0 Å². The molecule has 0 spiro atoms. The molecule has 2 N–H and O–H groups in total. The van der Waals surface area contributed by atoms with Crippen LogP contribution in [-0.2, 0) is 6.54 Å². The number of aryl methyl sites for hydroxylation is 1. The second kappa shape index (κ2) is 10.4. The monoisotopic (exact) mass is 497 g/mol. The van der Waals surface area contributed by atoms with Crippen molar-refractivity contribution in [1.82, 2.24) is 24.5 Å². The summed E-state index contributed by atoms with van der Waals surface area (Å²) in [5.74, 6) is 2.93. The molecule has 0 saturated heterocycles. The number of ether oxygens (including phenoxy) is 3. The van der Waals surface area contributed by atoms with Gasteiger partial charge in [-0.2, -0.15) is 4.98 Å². The molecule has 0 fully saturated rings. The quantitative estimate of drug-likeness (QED) is 0.294. The van der Waals surface area contributed by atoms with Crippen molar-refractivity contribution in [3.8, 4) is 23.2 Å². The number of nitrogens with one attached hydrogen (secondary N) is 2. The third kappa shape index (κ3) is 4.94. The smallest absolute Gasteiger partial charge is 0.241 e. The van der Waals surface area contributed by atoms with E-state index in [0.29, 0.717) is 47.3 Å². The van der Waals surface area contributed by atoms with Crippen molar-refractivity contribution in [2.75, 3.05) is 32.0 Å². The molecule has 5 aromatic rings. The van der Waals surface area contributed by atoms with Crippen molar-refractivity contribution in [2.45, 2.75) is 13.5 Å². The topological polar surface area (TPSA) is 108 Å². The number of nitrogens with zero attached hydrogens (tertiary/aromatic N) is 5. The molecule has 0 amide bonds. The van der Waals surface area contributed by atoms with Gasteiger partial charge in [-0.15, -0.1) is 0 Å². The van der Waals surface area contributed by atoms with Crippen LogP contribution in [0, 0.1) is 6.92 Å². The lowest BCUT2D eigenvalue weighted by atomic mass is 10.1. The van der Waals surface area contributed by atoms with E-state index >= 15 is 0 Å². The van der Waals surface area contributed by atoms with E-state index in [4.69, 9.17) is 19.2 Å². The van der Waals surface area contributed by atoms with Gasteiger partial charge in [-0.1, -0.05) is 42.0 Å². The van der Waals surface area contributed by atoms with Gasteiger partial charge in [0.25, 0.3) is 0 Å². The van der Waals surface area contributed by atoms with Crippen LogP contribution >= 0.6 is 0 Å². The maximum Gasteiger partial charge on any atom is 0.241 e. The average Bonchev–Trinajstić information content (AvgIpc) is 3.30. The minimum absolute atomic E-state index is 0.349. The van der Waals surface area contributed by atoms with Crippen LogP contribution in [0.2, 0.25) is 0 Å². The Bertz CT molecular complexity index is 1530. The average molecular weight is 498 g/mol. The van der Waals surface area contributed by atoms with Gasteiger partial charge in [0.2, 0.25) is 23.6 Å². The lowest BCUT2D eigenvalue weighted by Crippen LogP contribution is -2.10. The van der Waals surface area contributed by atoms with Crippen molar-refractivity contribution in [3.05, 3.63) is 78.1 Å². The standard InChI is InChI=1S/C27H27N7O3/c1-17-8-7-9-18(12-17)15-28-26-32-20-10-5-6-11-21(20)34(26)27-30-16-29-25(33-27)31-19-13-22(35-2)24(37-4)23(14-19)36-3/h5-14,16H,15H2,1-4H3,(H,28,32)(H,29,30,31,33).